The third kappa shape index (κ3) is 1.75. The number of furan rings is 1. The molecule has 0 saturated carbocycles. The van der Waals surface area contributed by atoms with E-state index in [1.165, 1.54) is 0 Å². The zero-order valence-corrected chi connectivity index (χ0v) is 7.02. The van der Waals surface area contributed by atoms with Crippen molar-refractivity contribution in [2.45, 2.75) is 0 Å². The fraction of sp³-hybridized carbons (Fsp3) is 0.333. The third-order valence-electron chi connectivity index (χ3n) is 1.05. The van der Waals surface area contributed by atoms with Crippen LogP contribution in [0.4, 0.5) is 5.88 Å². The van der Waals surface area contributed by atoms with Crippen molar-refractivity contribution in [3.05, 3.63) is 16.8 Å². The molecule has 3 nitrogen and oxygen atoms in total. The van der Waals surface area contributed by atoms with Crippen molar-refractivity contribution in [3.63, 3.8) is 0 Å². The van der Waals surface area contributed by atoms with E-state index in [1.807, 2.05) is 6.07 Å². The molecular formula is C6H9BrN2O. The van der Waals surface area contributed by atoms with Gasteiger partial charge in [0.05, 0.1) is 10.7 Å². The monoisotopic (exact) mass is 204 g/mol. The van der Waals surface area contributed by atoms with Gasteiger partial charge < -0.3 is 15.5 Å². The summed E-state index contributed by atoms with van der Waals surface area (Å²) >= 11 is 3.30. The van der Waals surface area contributed by atoms with Gasteiger partial charge in [0.15, 0.2) is 0 Å². The summed E-state index contributed by atoms with van der Waals surface area (Å²) in [5, 5.41) is 3.00. The van der Waals surface area contributed by atoms with E-state index in [0.29, 0.717) is 6.54 Å². The second-order valence-electron chi connectivity index (χ2n) is 1.81. The first-order valence-corrected chi connectivity index (χ1v) is 3.81. The smallest absolute Gasteiger partial charge is 0.207 e. The van der Waals surface area contributed by atoms with Gasteiger partial charge in [-0.25, -0.2) is 0 Å². The molecule has 0 amide bonds. The number of nitrogens with two attached hydrogens (primary N) is 1. The first kappa shape index (κ1) is 7.63. The van der Waals surface area contributed by atoms with E-state index in [2.05, 4.69) is 21.2 Å². The van der Waals surface area contributed by atoms with Gasteiger partial charge in [-0.2, -0.15) is 0 Å². The minimum atomic E-state index is 0.604. The predicted molar refractivity (Wildman–Crippen MR) is 44.0 cm³/mol. The lowest BCUT2D eigenvalue weighted by Gasteiger charge is -1.98. The Bertz CT molecular complexity index is 199. The molecule has 4 heteroatoms. The van der Waals surface area contributed by atoms with Crippen LogP contribution in [0.3, 0.4) is 0 Å². The van der Waals surface area contributed by atoms with Gasteiger partial charge >= 0.3 is 0 Å². The van der Waals surface area contributed by atoms with Crippen molar-refractivity contribution in [2.75, 3.05) is 18.4 Å². The van der Waals surface area contributed by atoms with Crippen molar-refractivity contribution in [1.82, 2.24) is 0 Å². The number of anilines is 1. The van der Waals surface area contributed by atoms with Crippen LogP contribution in [0.5, 0.6) is 0 Å². The van der Waals surface area contributed by atoms with Crippen LogP contribution in [-0.2, 0) is 0 Å². The van der Waals surface area contributed by atoms with Gasteiger partial charge in [0.25, 0.3) is 0 Å². The van der Waals surface area contributed by atoms with Crippen LogP contribution in [0.2, 0.25) is 0 Å². The fourth-order valence-corrected chi connectivity index (χ4v) is 0.947. The molecule has 0 radical (unpaired) electrons. The Hall–Kier alpha value is -0.480. The topological polar surface area (TPSA) is 51.2 Å². The highest BCUT2D eigenvalue weighted by Crippen LogP contribution is 2.22. The molecule has 1 aromatic heterocycles. The molecule has 10 heavy (non-hydrogen) atoms. The van der Waals surface area contributed by atoms with Crippen molar-refractivity contribution >= 4 is 21.8 Å². The van der Waals surface area contributed by atoms with Gasteiger partial charge in [-0.1, -0.05) is 0 Å². The average molecular weight is 205 g/mol. The number of hydrogen-bond acceptors (Lipinski definition) is 3. The summed E-state index contributed by atoms with van der Waals surface area (Å²) in [6.07, 6.45) is 1.61. The Kier molecular flexibility index (Phi) is 2.77. The lowest BCUT2D eigenvalue weighted by atomic mass is 10.6. The Morgan fingerprint density at radius 1 is 1.70 bits per heavy atom. The van der Waals surface area contributed by atoms with Crippen LogP contribution in [0.25, 0.3) is 0 Å². The normalized spacial score (nSPS) is 9.80. The second kappa shape index (κ2) is 3.63. The van der Waals surface area contributed by atoms with Gasteiger partial charge in [-0.05, 0) is 22.0 Å². The number of hydrogen-bond donors (Lipinski definition) is 2. The van der Waals surface area contributed by atoms with Crippen LogP contribution in [0, 0.1) is 0 Å². The van der Waals surface area contributed by atoms with E-state index in [9.17, 15) is 0 Å². The fourth-order valence-electron chi connectivity index (χ4n) is 0.606. The average Bonchev–Trinajstić information content (AvgIpc) is 2.31. The minimum Gasteiger partial charge on any atom is -0.448 e. The first-order valence-electron chi connectivity index (χ1n) is 3.01. The number of rotatable bonds is 3. The molecule has 1 heterocycles. The highest BCUT2D eigenvalue weighted by Gasteiger charge is 1.99. The van der Waals surface area contributed by atoms with E-state index in [4.69, 9.17) is 10.2 Å². The molecular weight excluding hydrogens is 196 g/mol. The maximum atomic E-state index is 5.28. The SMILES string of the molecule is NCCNc1occc1Br. The van der Waals surface area contributed by atoms with Crippen molar-refractivity contribution in [2.24, 2.45) is 5.73 Å². The summed E-state index contributed by atoms with van der Waals surface area (Å²) in [6, 6.07) is 1.83. The molecule has 0 aliphatic heterocycles. The molecule has 1 rings (SSSR count). The second-order valence-corrected chi connectivity index (χ2v) is 2.67. The largest absolute Gasteiger partial charge is 0.448 e. The zero-order valence-electron chi connectivity index (χ0n) is 5.43. The molecule has 0 bridgehead atoms. The van der Waals surface area contributed by atoms with Crippen LogP contribution in [-0.4, -0.2) is 13.1 Å². The standard InChI is InChI=1S/C6H9BrN2O/c7-5-1-4-10-6(5)9-3-2-8/h1,4,9H,2-3,8H2. The molecule has 3 N–H and O–H groups in total. The van der Waals surface area contributed by atoms with Crippen LogP contribution >= 0.6 is 15.9 Å². The number of halogens is 1. The Labute approximate surface area is 67.7 Å². The predicted octanol–water partition coefficient (Wildman–Crippen LogP) is 1.41. The zero-order chi connectivity index (χ0) is 7.40. The highest BCUT2D eigenvalue weighted by atomic mass is 79.9. The third-order valence-corrected chi connectivity index (χ3v) is 1.67. The van der Waals surface area contributed by atoms with E-state index in [1.54, 1.807) is 6.26 Å². The lowest BCUT2D eigenvalue weighted by molar-refractivity contribution is 0.578. The van der Waals surface area contributed by atoms with Gasteiger partial charge in [0, 0.05) is 13.1 Å². The molecule has 0 saturated heterocycles. The first-order chi connectivity index (χ1) is 4.84. The van der Waals surface area contributed by atoms with E-state index in [0.717, 1.165) is 16.9 Å². The highest BCUT2D eigenvalue weighted by molar-refractivity contribution is 9.10. The molecule has 0 spiro atoms. The van der Waals surface area contributed by atoms with Crippen LogP contribution in [0.15, 0.2) is 21.2 Å². The van der Waals surface area contributed by atoms with E-state index >= 15 is 0 Å². The van der Waals surface area contributed by atoms with E-state index in [-0.39, 0.29) is 0 Å². The molecule has 0 fully saturated rings. The summed E-state index contributed by atoms with van der Waals surface area (Å²) in [5.41, 5.74) is 5.28. The maximum absolute atomic E-state index is 5.28. The molecule has 0 unspecified atom stereocenters. The van der Waals surface area contributed by atoms with Crippen molar-refractivity contribution in [3.8, 4) is 0 Å². The number of nitrogens with one attached hydrogen (secondary N) is 1. The van der Waals surface area contributed by atoms with Crippen LogP contribution < -0.4 is 11.1 Å². The maximum Gasteiger partial charge on any atom is 0.207 e. The van der Waals surface area contributed by atoms with Crippen LogP contribution in [0.1, 0.15) is 0 Å². The minimum absolute atomic E-state index is 0.604. The molecule has 0 aliphatic carbocycles. The molecule has 0 aliphatic rings. The molecule has 0 atom stereocenters. The Balaban J connectivity index is 2.49. The summed E-state index contributed by atoms with van der Waals surface area (Å²) in [7, 11) is 0. The van der Waals surface area contributed by atoms with Gasteiger partial charge in [0.1, 0.15) is 0 Å². The quantitative estimate of drug-likeness (QED) is 0.784. The Morgan fingerprint density at radius 2 is 2.50 bits per heavy atom. The summed E-state index contributed by atoms with van der Waals surface area (Å²) in [5.74, 6) is 0.741. The van der Waals surface area contributed by atoms with Gasteiger partial charge in [-0.3, -0.25) is 0 Å². The van der Waals surface area contributed by atoms with Gasteiger partial charge in [-0.15, -0.1) is 0 Å². The van der Waals surface area contributed by atoms with Crippen molar-refractivity contribution in [1.29, 1.82) is 0 Å². The lowest BCUT2D eigenvalue weighted by Crippen LogP contribution is -2.12. The summed E-state index contributed by atoms with van der Waals surface area (Å²) < 4.78 is 5.98. The molecule has 1 aromatic rings. The van der Waals surface area contributed by atoms with Crippen molar-refractivity contribution < 1.29 is 4.42 Å². The summed E-state index contributed by atoms with van der Waals surface area (Å²) in [4.78, 5) is 0. The van der Waals surface area contributed by atoms with Gasteiger partial charge in [0.2, 0.25) is 5.88 Å². The Morgan fingerprint density at radius 3 is 3.00 bits per heavy atom. The molecule has 0 aromatic carbocycles. The summed E-state index contributed by atoms with van der Waals surface area (Å²) in [6.45, 7) is 1.33. The molecule has 56 valence electrons. The van der Waals surface area contributed by atoms with E-state index < -0.39 is 0 Å².